The highest BCUT2D eigenvalue weighted by Crippen LogP contribution is 2.20. The van der Waals surface area contributed by atoms with E-state index in [0.29, 0.717) is 19.8 Å². The Morgan fingerprint density at radius 3 is 2.87 bits per heavy atom. The van der Waals surface area contributed by atoms with Crippen molar-refractivity contribution in [1.82, 2.24) is 4.98 Å². The fraction of sp³-hybridized carbons (Fsp3) is 0.700. The second-order valence-corrected chi connectivity index (χ2v) is 4.33. The van der Waals surface area contributed by atoms with Crippen LogP contribution in [0, 0.1) is 0 Å². The molecule has 0 amide bonds. The van der Waals surface area contributed by atoms with Gasteiger partial charge in [0.15, 0.2) is 0 Å². The minimum atomic E-state index is -0.425. The van der Waals surface area contributed by atoms with Crippen LogP contribution in [0.2, 0.25) is 0 Å². The monoisotopic (exact) mass is 231 g/mol. The van der Waals surface area contributed by atoms with E-state index in [2.05, 4.69) is 4.98 Å². The van der Waals surface area contributed by atoms with Gasteiger partial charge >= 0.3 is 0 Å². The van der Waals surface area contributed by atoms with Gasteiger partial charge in [0.25, 0.3) is 0 Å². The van der Waals surface area contributed by atoms with E-state index in [9.17, 15) is 5.11 Å². The van der Waals surface area contributed by atoms with Gasteiger partial charge in [0.05, 0.1) is 35.8 Å². The van der Waals surface area contributed by atoms with Gasteiger partial charge in [-0.3, -0.25) is 0 Å². The van der Waals surface area contributed by atoms with E-state index in [4.69, 9.17) is 9.47 Å². The van der Waals surface area contributed by atoms with E-state index < -0.39 is 6.10 Å². The highest BCUT2D eigenvalue weighted by Gasteiger charge is 2.06. The third-order valence-electron chi connectivity index (χ3n) is 1.88. The van der Waals surface area contributed by atoms with Crippen molar-refractivity contribution in [3.63, 3.8) is 0 Å². The molecule has 1 aromatic rings. The molecule has 1 N–H and O–H groups in total. The fourth-order valence-corrected chi connectivity index (χ4v) is 1.88. The smallest absolute Gasteiger partial charge is 0.0951 e. The first-order valence-electron chi connectivity index (χ1n) is 4.93. The molecule has 0 saturated carbocycles. The minimum Gasteiger partial charge on any atom is -0.388 e. The van der Waals surface area contributed by atoms with Gasteiger partial charge in [0.2, 0.25) is 0 Å². The standard InChI is InChI=1S/C10H17NO3S/c1-8(12)9-7-11-10(15-9)3-4-14-6-5-13-2/h7-8,12H,3-6H2,1-2H3. The first-order valence-corrected chi connectivity index (χ1v) is 5.75. The first kappa shape index (κ1) is 12.6. The third-order valence-corrected chi connectivity index (χ3v) is 3.10. The summed E-state index contributed by atoms with van der Waals surface area (Å²) >= 11 is 1.53. The summed E-state index contributed by atoms with van der Waals surface area (Å²) in [5.41, 5.74) is 0. The molecule has 5 heteroatoms. The topological polar surface area (TPSA) is 51.6 Å². The van der Waals surface area contributed by atoms with Gasteiger partial charge in [0, 0.05) is 19.7 Å². The zero-order valence-electron chi connectivity index (χ0n) is 9.10. The summed E-state index contributed by atoms with van der Waals surface area (Å²) in [6, 6.07) is 0. The van der Waals surface area contributed by atoms with E-state index in [1.807, 2.05) is 0 Å². The molecule has 1 unspecified atom stereocenters. The van der Waals surface area contributed by atoms with Crippen LogP contribution < -0.4 is 0 Å². The first-order chi connectivity index (χ1) is 7.24. The van der Waals surface area contributed by atoms with Crippen LogP contribution in [-0.2, 0) is 15.9 Å². The van der Waals surface area contributed by atoms with Crippen molar-refractivity contribution in [2.24, 2.45) is 0 Å². The van der Waals surface area contributed by atoms with E-state index in [-0.39, 0.29) is 0 Å². The number of hydrogen-bond donors (Lipinski definition) is 1. The largest absolute Gasteiger partial charge is 0.388 e. The normalized spacial score (nSPS) is 13.0. The zero-order chi connectivity index (χ0) is 11.1. The molecule has 0 fully saturated rings. The summed E-state index contributed by atoms with van der Waals surface area (Å²) in [5, 5.41) is 10.3. The summed E-state index contributed by atoms with van der Waals surface area (Å²) in [6.45, 7) is 3.63. The molecule has 0 aromatic carbocycles. The number of thiazole rings is 1. The van der Waals surface area contributed by atoms with Crippen LogP contribution in [-0.4, -0.2) is 37.0 Å². The molecule has 15 heavy (non-hydrogen) atoms. The lowest BCUT2D eigenvalue weighted by atomic mass is 10.4. The SMILES string of the molecule is COCCOCCc1ncc(C(C)O)s1. The summed E-state index contributed by atoms with van der Waals surface area (Å²) in [4.78, 5) is 5.11. The van der Waals surface area contributed by atoms with E-state index in [1.54, 1.807) is 20.2 Å². The molecule has 4 nitrogen and oxygen atoms in total. The van der Waals surface area contributed by atoms with E-state index >= 15 is 0 Å². The van der Waals surface area contributed by atoms with Crippen molar-refractivity contribution in [2.45, 2.75) is 19.4 Å². The Hall–Kier alpha value is -0.490. The lowest BCUT2D eigenvalue weighted by molar-refractivity contribution is 0.0722. The van der Waals surface area contributed by atoms with Gasteiger partial charge in [-0.1, -0.05) is 0 Å². The van der Waals surface area contributed by atoms with Crippen LogP contribution >= 0.6 is 11.3 Å². The van der Waals surface area contributed by atoms with E-state index in [0.717, 1.165) is 16.3 Å². The molecule has 1 atom stereocenters. The predicted octanol–water partition coefficient (Wildman–Crippen LogP) is 1.40. The molecule has 86 valence electrons. The molecule has 1 rings (SSSR count). The molecule has 0 bridgehead atoms. The van der Waals surface area contributed by atoms with Gasteiger partial charge in [-0.2, -0.15) is 0 Å². The van der Waals surface area contributed by atoms with Crippen LogP contribution in [0.15, 0.2) is 6.20 Å². The molecule has 0 aliphatic heterocycles. The number of ether oxygens (including phenoxy) is 2. The number of rotatable bonds is 7. The maximum absolute atomic E-state index is 9.30. The molecule has 1 heterocycles. The van der Waals surface area contributed by atoms with Crippen LogP contribution in [0.5, 0.6) is 0 Å². The molecule has 0 aliphatic rings. The third kappa shape index (κ3) is 4.70. The molecule has 0 aliphatic carbocycles. The molecular weight excluding hydrogens is 214 g/mol. The maximum atomic E-state index is 9.30. The quantitative estimate of drug-likeness (QED) is 0.721. The number of aliphatic hydroxyl groups is 1. The number of nitrogens with zero attached hydrogens (tertiary/aromatic N) is 1. The Balaban J connectivity index is 2.20. The molecule has 0 spiro atoms. The average Bonchev–Trinajstić information content (AvgIpc) is 2.66. The van der Waals surface area contributed by atoms with E-state index in [1.165, 1.54) is 11.3 Å². The van der Waals surface area contributed by atoms with Gasteiger partial charge in [0.1, 0.15) is 0 Å². The average molecular weight is 231 g/mol. The van der Waals surface area contributed by atoms with Crippen molar-refractivity contribution in [3.05, 3.63) is 16.1 Å². The van der Waals surface area contributed by atoms with Crippen LogP contribution in [0.1, 0.15) is 22.9 Å². The van der Waals surface area contributed by atoms with Gasteiger partial charge in [-0.25, -0.2) is 4.98 Å². The second kappa shape index (κ2) is 6.90. The molecule has 0 radical (unpaired) electrons. The molecule has 0 saturated heterocycles. The molecule has 1 aromatic heterocycles. The highest BCUT2D eigenvalue weighted by atomic mass is 32.1. The van der Waals surface area contributed by atoms with Crippen LogP contribution in [0.4, 0.5) is 0 Å². The summed E-state index contributed by atoms with van der Waals surface area (Å²) in [7, 11) is 1.65. The van der Waals surface area contributed by atoms with Crippen molar-refractivity contribution in [2.75, 3.05) is 26.9 Å². The Labute approximate surface area is 93.9 Å². The van der Waals surface area contributed by atoms with Gasteiger partial charge in [-0.15, -0.1) is 11.3 Å². The number of aliphatic hydroxyl groups excluding tert-OH is 1. The Bertz CT molecular complexity index is 275. The lowest BCUT2D eigenvalue weighted by Gasteiger charge is -2.01. The fourth-order valence-electron chi connectivity index (χ4n) is 1.04. The van der Waals surface area contributed by atoms with Crippen LogP contribution in [0.3, 0.4) is 0 Å². The number of methoxy groups -OCH3 is 1. The Morgan fingerprint density at radius 1 is 1.47 bits per heavy atom. The van der Waals surface area contributed by atoms with Crippen molar-refractivity contribution in [3.8, 4) is 0 Å². The van der Waals surface area contributed by atoms with Crippen LogP contribution in [0.25, 0.3) is 0 Å². The highest BCUT2D eigenvalue weighted by molar-refractivity contribution is 7.11. The molecular formula is C10H17NO3S. The maximum Gasteiger partial charge on any atom is 0.0951 e. The minimum absolute atomic E-state index is 0.425. The zero-order valence-corrected chi connectivity index (χ0v) is 9.92. The van der Waals surface area contributed by atoms with Crippen molar-refractivity contribution >= 4 is 11.3 Å². The summed E-state index contributed by atoms with van der Waals surface area (Å²) in [5.74, 6) is 0. The van der Waals surface area contributed by atoms with Crippen molar-refractivity contribution in [1.29, 1.82) is 0 Å². The van der Waals surface area contributed by atoms with Crippen molar-refractivity contribution < 1.29 is 14.6 Å². The Kier molecular flexibility index (Phi) is 5.78. The number of hydrogen-bond acceptors (Lipinski definition) is 5. The Morgan fingerprint density at radius 2 is 2.27 bits per heavy atom. The van der Waals surface area contributed by atoms with Gasteiger partial charge in [-0.05, 0) is 6.92 Å². The lowest BCUT2D eigenvalue weighted by Crippen LogP contribution is -2.04. The predicted molar refractivity (Wildman–Crippen MR) is 59.1 cm³/mol. The number of aromatic nitrogens is 1. The second-order valence-electron chi connectivity index (χ2n) is 3.19. The van der Waals surface area contributed by atoms with Gasteiger partial charge < -0.3 is 14.6 Å². The summed E-state index contributed by atoms with van der Waals surface area (Å²) < 4.78 is 10.2. The summed E-state index contributed by atoms with van der Waals surface area (Å²) in [6.07, 6.45) is 2.09.